The van der Waals surface area contributed by atoms with Gasteiger partial charge in [0.15, 0.2) is 17.3 Å². The Kier molecular flexibility index (Phi) is 4.12. The summed E-state index contributed by atoms with van der Waals surface area (Å²) in [6.07, 6.45) is 0.474. The fourth-order valence-electron chi connectivity index (χ4n) is 4.46. The Morgan fingerprint density at radius 3 is 2.52 bits per heavy atom. The molecule has 2 aromatic rings. The number of carbonyl (C=O) groups is 1. The van der Waals surface area contributed by atoms with E-state index in [1.54, 1.807) is 20.3 Å². The van der Waals surface area contributed by atoms with Gasteiger partial charge in [0.25, 0.3) is 0 Å². The lowest BCUT2D eigenvalue weighted by molar-refractivity contribution is 0.0554. The molecule has 0 aromatic heterocycles. The lowest BCUT2D eigenvalue weighted by Crippen LogP contribution is -2.43. The minimum absolute atomic E-state index is 0.0452. The number of ether oxygens (including phenoxy) is 5. The van der Waals surface area contributed by atoms with Gasteiger partial charge in [0.2, 0.25) is 0 Å². The summed E-state index contributed by atoms with van der Waals surface area (Å²) in [5.41, 5.74) is 2.37. The van der Waals surface area contributed by atoms with Crippen molar-refractivity contribution in [1.82, 2.24) is 0 Å². The summed E-state index contributed by atoms with van der Waals surface area (Å²) in [7, 11) is 3.16. The quantitative estimate of drug-likeness (QED) is 0.787. The molecule has 6 heteroatoms. The molecule has 3 heterocycles. The first-order valence-electron chi connectivity index (χ1n) is 9.94. The van der Waals surface area contributed by atoms with E-state index < -0.39 is 5.92 Å². The highest BCUT2D eigenvalue weighted by Crippen LogP contribution is 2.49. The summed E-state index contributed by atoms with van der Waals surface area (Å²) in [5.74, 6) is 3.24. The normalized spacial score (nSPS) is 23.8. The fraction of sp³-hybridized carbons (Fsp3) is 0.435. The van der Waals surface area contributed by atoms with E-state index in [4.69, 9.17) is 23.7 Å². The van der Waals surface area contributed by atoms with Crippen LogP contribution in [0.1, 0.15) is 41.3 Å². The molecule has 0 radical (unpaired) electrons. The molecule has 152 valence electrons. The van der Waals surface area contributed by atoms with Gasteiger partial charge in [-0.25, -0.2) is 0 Å². The van der Waals surface area contributed by atoms with Crippen LogP contribution in [0.25, 0.3) is 0 Å². The Bertz CT molecular complexity index is 995. The maximum atomic E-state index is 13.5. The van der Waals surface area contributed by atoms with Crippen LogP contribution in [0.2, 0.25) is 0 Å². The highest BCUT2D eigenvalue weighted by molar-refractivity contribution is 6.06. The van der Waals surface area contributed by atoms with Crippen molar-refractivity contribution in [2.45, 2.75) is 38.4 Å². The monoisotopic (exact) mass is 396 g/mol. The highest BCUT2D eigenvalue weighted by atomic mass is 16.5. The van der Waals surface area contributed by atoms with Crippen molar-refractivity contribution in [2.75, 3.05) is 20.8 Å². The van der Waals surface area contributed by atoms with Crippen LogP contribution in [0.3, 0.4) is 0 Å². The van der Waals surface area contributed by atoms with Crippen LogP contribution in [0, 0.1) is 5.92 Å². The summed E-state index contributed by atoms with van der Waals surface area (Å²) < 4.78 is 29.2. The van der Waals surface area contributed by atoms with E-state index >= 15 is 0 Å². The van der Waals surface area contributed by atoms with E-state index in [1.165, 1.54) is 0 Å². The van der Waals surface area contributed by atoms with Crippen LogP contribution in [0.4, 0.5) is 0 Å². The third-order valence-electron chi connectivity index (χ3n) is 6.09. The van der Waals surface area contributed by atoms with Crippen molar-refractivity contribution in [3.8, 4) is 28.7 Å². The SMILES string of the molecule is COc1cc2c(cc1OC)[C@@H]1C(=O)c3ccc4c(c3O[C@H]1CO2)C[C@@H](C(C)C)O4. The van der Waals surface area contributed by atoms with Gasteiger partial charge in [0.1, 0.15) is 36.1 Å². The van der Waals surface area contributed by atoms with E-state index in [1.807, 2.05) is 18.2 Å². The van der Waals surface area contributed by atoms with Crippen LogP contribution in [0.5, 0.6) is 28.7 Å². The molecular weight excluding hydrogens is 372 g/mol. The van der Waals surface area contributed by atoms with Crippen molar-refractivity contribution in [3.05, 3.63) is 41.0 Å². The van der Waals surface area contributed by atoms with Gasteiger partial charge >= 0.3 is 0 Å². The number of Topliss-reactive ketones (excluding diaryl/α,β-unsaturated/α-hetero) is 1. The second kappa shape index (κ2) is 6.58. The number of benzene rings is 2. The van der Waals surface area contributed by atoms with Crippen molar-refractivity contribution < 1.29 is 28.5 Å². The number of carbonyl (C=O) groups excluding carboxylic acids is 1. The molecule has 0 fully saturated rings. The van der Waals surface area contributed by atoms with Crippen LogP contribution in [-0.4, -0.2) is 38.8 Å². The van der Waals surface area contributed by atoms with Gasteiger partial charge in [-0.2, -0.15) is 0 Å². The lowest BCUT2D eigenvalue weighted by Gasteiger charge is -2.37. The Morgan fingerprint density at radius 1 is 1.03 bits per heavy atom. The Labute approximate surface area is 169 Å². The first-order valence-corrected chi connectivity index (χ1v) is 9.94. The summed E-state index contributed by atoms with van der Waals surface area (Å²) in [6.45, 7) is 4.58. The molecule has 0 amide bonds. The predicted molar refractivity (Wildman–Crippen MR) is 106 cm³/mol. The second-order valence-corrected chi connectivity index (χ2v) is 8.08. The first-order chi connectivity index (χ1) is 14.0. The summed E-state index contributed by atoms with van der Waals surface area (Å²) >= 11 is 0. The minimum Gasteiger partial charge on any atom is -0.493 e. The molecule has 2 aromatic carbocycles. The van der Waals surface area contributed by atoms with Crippen molar-refractivity contribution >= 4 is 5.78 Å². The predicted octanol–water partition coefficient (Wildman–Crippen LogP) is 3.78. The molecule has 3 aliphatic heterocycles. The average Bonchev–Trinajstić information content (AvgIpc) is 3.17. The summed E-state index contributed by atoms with van der Waals surface area (Å²) in [4.78, 5) is 13.5. The molecule has 29 heavy (non-hydrogen) atoms. The third-order valence-corrected chi connectivity index (χ3v) is 6.09. The smallest absolute Gasteiger partial charge is 0.178 e. The Morgan fingerprint density at radius 2 is 1.79 bits per heavy atom. The molecule has 3 aliphatic rings. The van der Waals surface area contributed by atoms with Gasteiger partial charge < -0.3 is 23.7 Å². The number of methoxy groups -OCH3 is 2. The largest absolute Gasteiger partial charge is 0.493 e. The van der Waals surface area contributed by atoms with Gasteiger partial charge in [-0.05, 0) is 24.1 Å². The number of rotatable bonds is 3. The molecule has 0 unspecified atom stereocenters. The molecule has 6 nitrogen and oxygen atoms in total. The molecular formula is C23H24O6. The Hall–Kier alpha value is -2.89. The van der Waals surface area contributed by atoms with E-state index in [-0.39, 0.29) is 18.0 Å². The highest BCUT2D eigenvalue weighted by Gasteiger charge is 2.45. The van der Waals surface area contributed by atoms with Crippen LogP contribution in [0.15, 0.2) is 24.3 Å². The number of ketones is 1. The zero-order chi connectivity index (χ0) is 20.3. The van der Waals surface area contributed by atoms with Crippen molar-refractivity contribution in [2.24, 2.45) is 5.92 Å². The molecule has 0 saturated carbocycles. The van der Waals surface area contributed by atoms with E-state index in [2.05, 4.69) is 13.8 Å². The third kappa shape index (κ3) is 2.65. The fourth-order valence-corrected chi connectivity index (χ4v) is 4.46. The van der Waals surface area contributed by atoms with Gasteiger partial charge in [0.05, 0.1) is 25.7 Å². The minimum atomic E-state index is -0.438. The first kappa shape index (κ1) is 18.2. The van der Waals surface area contributed by atoms with Gasteiger partial charge in [-0.3, -0.25) is 4.79 Å². The zero-order valence-corrected chi connectivity index (χ0v) is 17.0. The van der Waals surface area contributed by atoms with Gasteiger partial charge in [0, 0.05) is 23.6 Å². The second-order valence-electron chi connectivity index (χ2n) is 8.08. The molecule has 5 rings (SSSR count). The maximum absolute atomic E-state index is 13.5. The molecule has 0 aliphatic carbocycles. The van der Waals surface area contributed by atoms with Crippen LogP contribution in [-0.2, 0) is 6.42 Å². The zero-order valence-electron chi connectivity index (χ0n) is 17.0. The summed E-state index contributed by atoms with van der Waals surface area (Å²) in [6, 6.07) is 7.32. The van der Waals surface area contributed by atoms with Gasteiger partial charge in [-0.1, -0.05) is 13.8 Å². The van der Waals surface area contributed by atoms with Crippen LogP contribution >= 0.6 is 0 Å². The lowest BCUT2D eigenvalue weighted by atomic mass is 9.81. The number of hydrogen-bond donors (Lipinski definition) is 0. The van der Waals surface area contributed by atoms with E-state index in [9.17, 15) is 4.79 Å². The Balaban J connectivity index is 1.57. The van der Waals surface area contributed by atoms with Crippen LogP contribution < -0.4 is 23.7 Å². The molecule has 0 bridgehead atoms. The molecule has 3 atom stereocenters. The number of hydrogen-bond acceptors (Lipinski definition) is 6. The topological polar surface area (TPSA) is 63.2 Å². The van der Waals surface area contributed by atoms with E-state index in [0.717, 1.165) is 23.3 Å². The molecule has 0 spiro atoms. The maximum Gasteiger partial charge on any atom is 0.178 e. The number of fused-ring (bicyclic) bond motifs is 6. The van der Waals surface area contributed by atoms with E-state index in [0.29, 0.717) is 41.1 Å². The summed E-state index contributed by atoms with van der Waals surface area (Å²) in [5, 5.41) is 0. The molecule has 0 N–H and O–H groups in total. The van der Waals surface area contributed by atoms with Crippen molar-refractivity contribution in [3.63, 3.8) is 0 Å². The standard InChI is InChI=1S/C23H24O6/c1-11(2)16-8-14-15(28-16)6-5-12-22(24)21-13-7-18(25-3)19(26-4)9-17(13)27-10-20(21)29-23(12)14/h5-7,9,11,16,20-21H,8,10H2,1-4H3/t16-,20-,21-/m0/s1. The van der Waals surface area contributed by atoms with Gasteiger partial charge in [-0.15, -0.1) is 0 Å². The average molecular weight is 396 g/mol. The molecule has 0 saturated heterocycles. The van der Waals surface area contributed by atoms with Crippen molar-refractivity contribution in [1.29, 1.82) is 0 Å².